The van der Waals surface area contributed by atoms with Crippen LogP contribution in [-0.2, 0) is 10.3 Å². The smallest absolute Gasteiger partial charge is 0.254 e. The molecule has 3 heterocycles. The van der Waals surface area contributed by atoms with Gasteiger partial charge in [0.25, 0.3) is 5.91 Å². The molecule has 2 aromatic rings. The lowest BCUT2D eigenvalue weighted by Crippen LogP contribution is -2.43. The van der Waals surface area contributed by atoms with Gasteiger partial charge in [0.05, 0.1) is 16.8 Å². The van der Waals surface area contributed by atoms with Gasteiger partial charge in [-0.1, -0.05) is 19.3 Å². The number of anilines is 1. The quantitative estimate of drug-likeness (QED) is 0.673. The van der Waals surface area contributed by atoms with Gasteiger partial charge >= 0.3 is 0 Å². The summed E-state index contributed by atoms with van der Waals surface area (Å²) in [5.74, 6) is 0.563. The van der Waals surface area contributed by atoms with E-state index in [-0.39, 0.29) is 23.2 Å². The number of aromatic nitrogens is 3. The molecular weight excluding hydrogens is 384 g/mol. The minimum atomic E-state index is -0.551. The molecule has 3 N–H and O–H groups in total. The molecular formula is C21H24N6O3. The normalized spacial score (nSPS) is 20.2. The molecule has 3 aliphatic rings. The summed E-state index contributed by atoms with van der Waals surface area (Å²) in [5, 5.41) is 16.9. The highest BCUT2D eigenvalue weighted by Gasteiger charge is 2.47. The van der Waals surface area contributed by atoms with Gasteiger partial charge in [-0.3, -0.25) is 9.59 Å². The van der Waals surface area contributed by atoms with Crippen LogP contribution in [0.1, 0.15) is 66.6 Å². The van der Waals surface area contributed by atoms with Crippen LogP contribution < -0.4 is 16.1 Å². The van der Waals surface area contributed by atoms with E-state index in [1.165, 1.54) is 6.33 Å². The van der Waals surface area contributed by atoms with Crippen LogP contribution in [0.25, 0.3) is 0 Å². The largest absolute Gasteiger partial charge is 0.427 e. The molecule has 2 amide bonds. The standard InChI is InChI=1S/C21H24N6O3/c1-12-9-16(24-14-10-15(23-11-22-14)25-19(28)13-5-6-13)27(30)18-17(12)20(29)26-21(18)7-3-2-4-8-21/h9-11,13,30H,2-8H2,1H3,(H,26,29)(H,22,23,25,28). The number of pyridine rings is 1. The Morgan fingerprint density at radius 3 is 2.77 bits per heavy atom. The zero-order chi connectivity index (χ0) is 20.9. The summed E-state index contributed by atoms with van der Waals surface area (Å²) in [5.41, 5.74) is 1.60. The highest BCUT2D eigenvalue weighted by atomic mass is 16.5. The first-order valence-electron chi connectivity index (χ1n) is 10.4. The van der Waals surface area contributed by atoms with Gasteiger partial charge in [-0.25, -0.2) is 15.0 Å². The second kappa shape index (κ2) is 6.93. The molecule has 156 valence electrons. The van der Waals surface area contributed by atoms with E-state index in [0.717, 1.165) is 55.2 Å². The molecule has 0 aromatic carbocycles. The first-order valence-corrected chi connectivity index (χ1v) is 10.4. The number of hydrogen-bond acceptors (Lipinski definition) is 6. The predicted octanol–water partition coefficient (Wildman–Crippen LogP) is 2.31. The van der Waals surface area contributed by atoms with E-state index >= 15 is 0 Å². The summed E-state index contributed by atoms with van der Waals surface area (Å²) in [6.45, 7) is 1.85. The summed E-state index contributed by atoms with van der Waals surface area (Å²) in [6, 6.07) is 3.24. The highest BCUT2D eigenvalue weighted by Crippen LogP contribution is 2.42. The molecule has 2 fully saturated rings. The summed E-state index contributed by atoms with van der Waals surface area (Å²) in [4.78, 5) is 37.4. The molecule has 0 unspecified atom stereocenters. The van der Waals surface area contributed by atoms with Crippen molar-refractivity contribution in [2.45, 2.75) is 57.4 Å². The Balaban J connectivity index is 1.57. The van der Waals surface area contributed by atoms with Crippen LogP contribution in [0.2, 0.25) is 0 Å². The van der Waals surface area contributed by atoms with Crippen LogP contribution in [0, 0.1) is 12.8 Å². The van der Waals surface area contributed by atoms with Crippen molar-refractivity contribution in [2.24, 2.45) is 10.9 Å². The molecule has 1 aliphatic heterocycles. The third kappa shape index (κ3) is 3.14. The average Bonchev–Trinajstić information content (AvgIpc) is 3.52. The van der Waals surface area contributed by atoms with Gasteiger partial charge < -0.3 is 15.8 Å². The van der Waals surface area contributed by atoms with Crippen LogP contribution >= 0.6 is 0 Å². The van der Waals surface area contributed by atoms with Gasteiger partial charge in [-0.15, -0.1) is 0 Å². The van der Waals surface area contributed by atoms with Gasteiger partial charge in [-0.2, -0.15) is 4.73 Å². The molecule has 0 radical (unpaired) electrons. The Hall–Kier alpha value is -3.23. The number of carbonyl (C=O) groups is 2. The van der Waals surface area contributed by atoms with Crippen LogP contribution in [0.15, 0.2) is 23.5 Å². The first kappa shape index (κ1) is 18.8. The second-order valence-electron chi connectivity index (χ2n) is 8.45. The number of hydrogen-bond donors (Lipinski definition) is 3. The van der Waals surface area contributed by atoms with Crippen molar-refractivity contribution in [2.75, 3.05) is 5.32 Å². The maximum Gasteiger partial charge on any atom is 0.254 e. The summed E-state index contributed by atoms with van der Waals surface area (Å²) < 4.78 is 1.02. The number of aryl methyl sites for hydroxylation is 1. The molecule has 2 aliphatic carbocycles. The fourth-order valence-corrected chi connectivity index (χ4v) is 4.57. The Labute approximate surface area is 173 Å². The monoisotopic (exact) mass is 408 g/mol. The lowest BCUT2D eigenvalue weighted by Gasteiger charge is -2.34. The van der Waals surface area contributed by atoms with Crippen LogP contribution in [0.5, 0.6) is 0 Å². The minimum Gasteiger partial charge on any atom is -0.427 e. The van der Waals surface area contributed by atoms with Gasteiger partial charge in [0, 0.05) is 12.0 Å². The van der Waals surface area contributed by atoms with Crippen molar-refractivity contribution in [3.05, 3.63) is 40.8 Å². The lowest BCUT2D eigenvalue weighted by atomic mass is 9.79. The maximum atomic E-state index is 12.7. The van der Waals surface area contributed by atoms with E-state index in [9.17, 15) is 14.8 Å². The number of fused-ring (bicyclic) bond motifs is 2. The highest BCUT2D eigenvalue weighted by molar-refractivity contribution is 6.00. The topological polar surface area (TPSA) is 122 Å². The summed E-state index contributed by atoms with van der Waals surface area (Å²) >= 11 is 0. The van der Waals surface area contributed by atoms with Crippen molar-refractivity contribution in [3.63, 3.8) is 0 Å². The number of carbonyl (C=O) groups excluding carboxylic acids is 2. The van der Waals surface area contributed by atoms with Crippen molar-refractivity contribution in [1.29, 1.82) is 0 Å². The van der Waals surface area contributed by atoms with Crippen LogP contribution in [0.3, 0.4) is 0 Å². The fraction of sp³-hybridized carbons (Fsp3) is 0.476. The van der Waals surface area contributed by atoms with Gasteiger partial charge in [-0.05, 0) is 44.2 Å². The Morgan fingerprint density at radius 1 is 1.27 bits per heavy atom. The van der Waals surface area contributed by atoms with Crippen molar-refractivity contribution < 1.29 is 14.8 Å². The third-order valence-electron chi connectivity index (χ3n) is 6.23. The Morgan fingerprint density at radius 2 is 2.03 bits per heavy atom. The molecule has 0 bridgehead atoms. The van der Waals surface area contributed by atoms with E-state index < -0.39 is 5.54 Å². The van der Waals surface area contributed by atoms with E-state index in [0.29, 0.717) is 22.9 Å². The van der Waals surface area contributed by atoms with E-state index in [2.05, 4.69) is 25.6 Å². The van der Waals surface area contributed by atoms with Gasteiger partial charge in [0.2, 0.25) is 5.91 Å². The number of nitrogens with one attached hydrogen (secondary N) is 2. The van der Waals surface area contributed by atoms with E-state index in [1.54, 1.807) is 12.1 Å². The molecule has 2 saturated carbocycles. The minimum absolute atomic E-state index is 0.0472. The Bertz CT molecular complexity index is 1110. The number of nitrogens with zero attached hydrogens (tertiary/aromatic N) is 4. The van der Waals surface area contributed by atoms with E-state index in [4.69, 9.17) is 0 Å². The lowest BCUT2D eigenvalue weighted by molar-refractivity contribution is -0.117. The van der Waals surface area contributed by atoms with Crippen molar-refractivity contribution >= 4 is 23.5 Å². The van der Waals surface area contributed by atoms with E-state index in [1.807, 2.05) is 6.92 Å². The summed E-state index contributed by atoms with van der Waals surface area (Å²) in [7, 11) is 0. The first-order chi connectivity index (χ1) is 14.5. The van der Waals surface area contributed by atoms with Gasteiger partial charge in [0.15, 0.2) is 11.3 Å². The SMILES string of the molecule is Cc1cc(=Nc2cc(NC(=O)C3CC3)ncn2)n(O)c2c1C(=O)NC21CCCCC1. The van der Waals surface area contributed by atoms with Crippen LogP contribution in [-0.4, -0.2) is 31.7 Å². The Kier molecular flexibility index (Phi) is 4.34. The molecule has 0 atom stereocenters. The predicted molar refractivity (Wildman–Crippen MR) is 107 cm³/mol. The average molecular weight is 408 g/mol. The fourth-order valence-electron chi connectivity index (χ4n) is 4.57. The molecule has 2 aromatic heterocycles. The number of amides is 2. The van der Waals surface area contributed by atoms with Crippen molar-refractivity contribution in [3.8, 4) is 0 Å². The number of rotatable bonds is 3. The molecule has 0 saturated heterocycles. The molecule has 9 heteroatoms. The second-order valence-corrected chi connectivity index (χ2v) is 8.45. The molecule has 1 spiro atoms. The maximum absolute atomic E-state index is 12.7. The third-order valence-corrected chi connectivity index (χ3v) is 6.23. The molecule has 9 nitrogen and oxygen atoms in total. The zero-order valence-electron chi connectivity index (χ0n) is 16.8. The zero-order valence-corrected chi connectivity index (χ0v) is 16.8. The van der Waals surface area contributed by atoms with Gasteiger partial charge in [0.1, 0.15) is 12.1 Å². The van der Waals surface area contributed by atoms with Crippen molar-refractivity contribution in [1.82, 2.24) is 20.0 Å². The summed E-state index contributed by atoms with van der Waals surface area (Å²) in [6.07, 6.45) is 7.84. The molecule has 30 heavy (non-hydrogen) atoms. The molecule has 5 rings (SSSR count). The van der Waals surface area contributed by atoms with Crippen LogP contribution in [0.4, 0.5) is 11.6 Å².